The zero-order chi connectivity index (χ0) is 21.3. The van der Waals surface area contributed by atoms with E-state index in [2.05, 4.69) is 34.1 Å². The number of hydrogen-bond acceptors (Lipinski definition) is 4. The summed E-state index contributed by atoms with van der Waals surface area (Å²) in [6.45, 7) is 7.10. The van der Waals surface area contributed by atoms with Gasteiger partial charge in [-0.05, 0) is 70.0 Å². The van der Waals surface area contributed by atoms with E-state index in [1.54, 1.807) is 12.1 Å². The third-order valence-electron chi connectivity index (χ3n) is 5.81. The number of piperidine rings is 1. The molecule has 0 saturated carbocycles. The van der Waals surface area contributed by atoms with E-state index in [-0.39, 0.29) is 22.9 Å². The molecule has 7 nitrogen and oxygen atoms in total. The normalized spacial score (nSPS) is 15.7. The van der Waals surface area contributed by atoms with Crippen molar-refractivity contribution < 1.29 is 9.18 Å². The summed E-state index contributed by atoms with van der Waals surface area (Å²) in [5.41, 5.74) is 1.25. The lowest BCUT2D eigenvalue weighted by atomic mass is 9.96. The largest absolute Gasteiger partial charge is 0.352 e. The highest BCUT2D eigenvalue weighted by molar-refractivity contribution is 5.99. The first-order valence-corrected chi connectivity index (χ1v) is 10.3. The molecule has 0 atom stereocenters. The lowest BCUT2D eigenvalue weighted by Gasteiger charge is -2.34. The fraction of sp³-hybridized carbons (Fsp3) is 0.409. The predicted molar refractivity (Wildman–Crippen MR) is 113 cm³/mol. The second kappa shape index (κ2) is 8.39. The molecule has 8 heteroatoms. The predicted octanol–water partition coefficient (Wildman–Crippen LogP) is 2.68. The molecule has 0 bridgehead atoms. The van der Waals surface area contributed by atoms with Gasteiger partial charge in [0.25, 0.3) is 11.5 Å². The number of nitrogens with one attached hydrogen (secondary N) is 2. The van der Waals surface area contributed by atoms with Gasteiger partial charge >= 0.3 is 0 Å². The average molecular weight is 411 g/mol. The number of carbonyl (C=O) groups is 1. The number of H-pyrrole nitrogens is 1. The van der Waals surface area contributed by atoms with Crippen molar-refractivity contribution >= 4 is 11.6 Å². The minimum atomic E-state index is -0.363. The van der Waals surface area contributed by atoms with Crippen LogP contribution in [-0.2, 0) is 0 Å². The molecule has 2 N–H and O–H groups in total. The Morgan fingerprint density at radius 2 is 1.97 bits per heavy atom. The van der Waals surface area contributed by atoms with E-state index in [0.717, 1.165) is 25.9 Å². The zero-order valence-corrected chi connectivity index (χ0v) is 17.2. The third-order valence-corrected chi connectivity index (χ3v) is 5.81. The van der Waals surface area contributed by atoms with Gasteiger partial charge in [0.05, 0.1) is 5.69 Å². The summed E-state index contributed by atoms with van der Waals surface area (Å²) in [5, 5.41) is 5.79. The second-order valence-electron chi connectivity index (χ2n) is 8.12. The van der Waals surface area contributed by atoms with Gasteiger partial charge in [0.1, 0.15) is 11.4 Å². The minimum absolute atomic E-state index is 0.258. The molecule has 4 rings (SSSR count). The highest BCUT2D eigenvalue weighted by atomic mass is 19.1. The molecule has 1 fully saturated rings. The number of hydrogen-bond donors (Lipinski definition) is 2. The van der Waals surface area contributed by atoms with E-state index in [4.69, 9.17) is 0 Å². The first-order chi connectivity index (χ1) is 14.4. The lowest BCUT2D eigenvalue weighted by Crippen LogP contribution is -2.41. The van der Waals surface area contributed by atoms with E-state index in [9.17, 15) is 14.0 Å². The number of carbonyl (C=O) groups excluding carboxylic acids is 1. The topological polar surface area (TPSA) is 82.5 Å². The number of aromatic amines is 1. The van der Waals surface area contributed by atoms with Crippen molar-refractivity contribution in [3.8, 4) is 11.3 Å². The van der Waals surface area contributed by atoms with Crippen molar-refractivity contribution in [1.29, 1.82) is 0 Å². The summed E-state index contributed by atoms with van der Waals surface area (Å²) in [6, 6.07) is 7.66. The number of amides is 1. The van der Waals surface area contributed by atoms with Crippen molar-refractivity contribution in [3.63, 3.8) is 0 Å². The van der Waals surface area contributed by atoms with Crippen LogP contribution in [-0.4, -0.2) is 51.1 Å². The number of benzene rings is 1. The molecule has 0 spiro atoms. The monoisotopic (exact) mass is 411 g/mol. The minimum Gasteiger partial charge on any atom is -0.352 e. The van der Waals surface area contributed by atoms with Crippen LogP contribution in [0.25, 0.3) is 16.9 Å². The maximum atomic E-state index is 13.2. The van der Waals surface area contributed by atoms with Crippen LogP contribution in [0.2, 0.25) is 0 Å². The number of aromatic nitrogens is 3. The van der Waals surface area contributed by atoms with Gasteiger partial charge < -0.3 is 10.2 Å². The highest BCUT2D eigenvalue weighted by Gasteiger charge is 2.22. The van der Waals surface area contributed by atoms with E-state index in [0.29, 0.717) is 35.3 Å². The van der Waals surface area contributed by atoms with Crippen LogP contribution >= 0.6 is 0 Å². The first-order valence-electron chi connectivity index (χ1n) is 10.3. The Kier molecular flexibility index (Phi) is 5.67. The summed E-state index contributed by atoms with van der Waals surface area (Å²) in [6.07, 6.45) is 3.60. The summed E-state index contributed by atoms with van der Waals surface area (Å²) in [7, 11) is 0. The van der Waals surface area contributed by atoms with E-state index in [1.165, 1.54) is 28.9 Å². The van der Waals surface area contributed by atoms with E-state index in [1.807, 2.05) is 0 Å². The number of nitrogens with zero attached hydrogens (tertiary/aromatic N) is 3. The van der Waals surface area contributed by atoms with Gasteiger partial charge in [-0.1, -0.05) is 0 Å². The molecule has 1 saturated heterocycles. The highest BCUT2D eigenvalue weighted by Crippen LogP contribution is 2.20. The Balaban J connectivity index is 1.50. The van der Waals surface area contributed by atoms with Gasteiger partial charge in [-0.3, -0.25) is 14.7 Å². The van der Waals surface area contributed by atoms with E-state index < -0.39 is 0 Å². The number of fused-ring (bicyclic) bond motifs is 1. The summed E-state index contributed by atoms with van der Waals surface area (Å²) < 4.78 is 14.4. The Morgan fingerprint density at radius 1 is 1.27 bits per heavy atom. The molecule has 0 radical (unpaired) electrons. The Bertz CT molecular complexity index is 1090. The molecule has 3 aromatic rings. The lowest BCUT2D eigenvalue weighted by molar-refractivity contribution is 0.0931. The van der Waals surface area contributed by atoms with Crippen molar-refractivity contribution in [2.24, 2.45) is 5.92 Å². The van der Waals surface area contributed by atoms with Crippen LogP contribution in [0, 0.1) is 11.7 Å². The molecule has 3 heterocycles. The van der Waals surface area contributed by atoms with Crippen molar-refractivity contribution in [3.05, 3.63) is 58.3 Å². The maximum absolute atomic E-state index is 13.2. The van der Waals surface area contributed by atoms with Crippen molar-refractivity contribution in [1.82, 2.24) is 24.8 Å². The molecule has 2 aromatic heterocycles. The van der Waals surface area contributed by atoms with Crippen molar-refractivity contribution in [2.45, 2.75) is 32.7 Å². The van der Waals surface area contributed by atoms with Gasteiger partial charge in [-0.2, -0.15) is 0 Å². The molecular weight excluding hydrogens is 385 g/mol. The number of rotatable bonds is 5. The van der Waals surface area contributed by atoms with Gasteiger partial charge in [0.2, 0.25) is 0 Å². The number of halogens is 1. The SMILES string of the molecule is CC(C)N1CCC(CNC(=O)c2c[nH]n3c(=O)cc(-c4ccc(F)cc4)nc23)CC1. The molecule has 0 unspecified atom stereocenters. The summed E-state index contributed by atoms with van der Waals surface area (Å²) in [5.74, 6) is -0.180. The fourth-order valence-electron chi connectivity index (χ4n) is 3.92. The first kappa shape index (κ1) is 20.3. The molecule has 1 aromatic carbocycles. The fourth-order valence-corrected chi connectivity index (χ4v) is 3.92. The van der Waals surface area contributed by atoms with Gasteiger partial charge in [0.15, 0.2) is 5.65 Å². The molecule has 30 heavy (non-hydrogen) atoms. The second-order valence-corrected chi connectivity index (χ2v) is 8.12. The van der Waals surface area contributed by atoms with E-state index >= 15 is 0 Å². The van der Waals surface area contributed by atoms with Crippen LogP contribution in [0.4, 0.5) is 4.39 Å². The Hall–Kier alpha value is -3.00. The number of likely N-dealkylation sites (tertiary alicyclic amines) is 1. The van der Waals surface area contributed by atoms with Gasteiger partial charge in [-0.25, -0.2) is 13.9 Å². The van der Waals surface area contributed by atoms with Crippen molar-refractivity contribution in [2.75, 3.05) is 19.6 Å². The molecule has 0 aliphatic carbocycles. The molecule has 1 aliphatic heterocycles. The zero-order valence-electron chi connectivity index (χ0n) is 17.2. The van der Waals surface area contributed by atoms with Crippen LogP contribution < -0.4 is 10.9 Å². The van der Waals surface area contributed by atoms with Crippen LogP contribution in [0.3, 0.4) is 0 Å². The summed E-state index contributed by atoms with van der Waals surface area (Å²) in [4.78, 5) is 32.2. The maximum Gasteiger partial charge on any atom is 0.273 e. The van der Waals surface area contributed by atoms with Gasteiger partial charge in [0, 0.05) is 30.4 Å². The Morgan fingerprint density at radius 3 is 2.63 bits per heavy atom. The quantitative estimate of drug-likeness (QED) is 0.676. The molecule has 1 aliphatic rings. The smallest absolute Gasteiger partial charge is 0.273 e. The summed E-state index contributed by atoms with van der Waals surface area (Å²) >= 11 is 0. The van der Waals surface area contributed by atoms with Crippen LogP contribution in [0.5, 0.6) is 0 Å². The van der Waals surface area contributed by atoms with Crippen LogP contribution in [0.1, 0.15) is 37.0 Å². The third kappa shape index (κ3) is 4.14. The molecule has 158 valence electrons. The standard InChI is InChI=1S/C22H26FN5O2/c1-14(2)27-9-7-15(8-10-27)12-24-22(30)18-13-25-28-20(29)11-19(26-21(18)28)16-3-5-17(23)6-4-16/h3-6,11,13-15,25H,7-10,12H2,1-2H3,(H,24,30). The van der Waals surface area contributed by atoms with Gasteiger partial charge in [-0.15, -0.1) is 0 Å². The molecular formula is C22H26FN5O2. The average Bonchev–Trinajstić information content (AvgIpc) is 3.17. The Labute approximate surface area is 173 Å². The van der Waals surface area contributed by atoms with Crippen LogP contribution in [0.15, 0.2) is 41.3 Å². The molecule has 1 amide bonds.